The quantitative estimate of drug-likeness (QED) is 0.592. The van der Waals surface area contributed by atoms with E-state index in [1.165, 1.54) is 4.68 Å². The number of hydrogen-bond acceptors (Lipinski definition) is 9. The maximum atomic E-state index is 12.5. The summed E-state index contributed by atoms with van der Waals surface area (Å²) in [5, 5.41) is 7.97. The number of likely N-dealkylation sites (tertiary alicyclic amines) is 1. The normalized spacial score (nSPS) is 22.1. The van der Waals surface area contributed by atoms with Crippen LogP contribution in [0, 0.1) is 0 Å². The fraction of sp³-hybridized carbons (Fsp3) is 0.619. The second kappa shape index (κ2) is 9.97. The highest BCUT2D eigenvalue weighted by Gasteiger charge is 2.30. The summed E-state index contributed by atoms with van der Waals surface area (Å²) < 4.78 is 18.2. The van der Waals surface area contributed by atoms with E-state index >= 15 is 0 Å². The van der Waals surface area contributed by atoms with Crippen molar-refractivity contribution in [2.24, 2.45) is 0 Å². The molecule has 4 rings (SSSR count). The smallest absolute Gasteiger partial charge is 0.367 e. The Labute approximate surface area is 190 Å². The van der Waals surface area contributed by atoms with Crippen molar-refractivity contribution < 1.29 is 23.8 Å². The third-order valence-electron chi connectivity index (χ3n) is 5.74. The molecule has 0 bridgehead atoms. The van der Waals surface area contributed by atoms with Crippen molar-refractivity contribution >= 4 is 23.2 Å². The summed E-state index contributed by atoms with van der Waals surface area (Å²) in [6.07, 6.45) is 4.50. The molecule has 10 nitrogen and oxygen atoms in total. The minimum absolute atomic E-state index is 0.00881. The molecule has 32 heavy (non-hydrogen) atoms. The molecule has 2 aromatic rings. The lowest BCUT2D eigenvalue weighted by atomic mass is 10.1. The van der Waals surface area contributed by atoms with Gasteiger partial charge in [0.25, 0.3) is 5.91 Å². The topological polar surface area (TPSA) is 108 Å². The highest BCUT2D eigenvalue weighted by Crippen LogP contribution is 2.33. The summed E-state index contributed by atoms with van der Waals surface area (Å²) in [5.41, 5.74) is 0.261. The van der Waals surface area contributed by atoms with Crippen LogP contribution in [0.4, 0.5) is 0 Å². The lowest BCUT2D eigenvalue weighted by molar-refractivity contribution is 0.0525. The second-order valence-corrected chi connectivity index (χ2v) is 9.00. The van der Waals surface area contributed by atoms with Crippen LogP contribution in [0.3, 0.4) is 0 Å². The summed E-state index contributed by atoms with van der Waals surface area (Å²) >= 11 is 1.13. The Morgan fingerprint density at radius 3 is 2.94 bits per heavy atom. The number of thiazole rings is 1. The standard InChI is InChI=1S/C21H29N5O5S/c1-4-30-20(28)19-23-17(21(32-19)31-13(2)16-6-5-9-25(16)3)26-10-7-15(24-26)18(27)22-14-8-11-29-12-14/h7,10,13-14,16H,4-6,8-9,11-12H2,1-3H3,(H,22,27)/t13-,14-,16-/m0/s1. The Bertz CT molecular complexity index is 954. The molecule has 11 heteroatoms. The van der Waals surface area contributed by atoms with Gasteiger partial charge in [0.2, 0.25) is 15.9 Å². The minimum atomic E-state index is -0.509. The molecular weight excluding hydrogens is 434 g/mol. The number of nitrogens with zero attached hydrogens (tertiary/aromatic N) is 4. The van der Waals surface area contributed by atoms with E-state index in [1.807, 2.05) is 6.92 Å². The number of rotatable bonds is 8. The van der Waals surface area contributed by atoms with Gasteiger partial charge >= 0.3 is 5.97 Å². The van der Waals surface area contributed by atoms with Gasteiger partial charge in [-0.05, 0) is 52.8 Å². The van der Waals surface area contributed by atoms with E-state index in [4.69, 9.17) is 14.2 Å². The van der Waals surface area contributed by atoms with E-state index in [-0.39, 0.29) is 41.4 Å². The molecular formula is C21H29N5O5S. The average molecular weight is 464 g/mol. The van der Waals surface area contributed by atoms with Crippen molar-refractivity contribution in [2.75, 3.05) is 33.4 Å². The maximum Gasteiger partial charge on any atom is 0.367 e. The third kappa shape index (κ3) is 4.94. The molecule has 3 atom stereocenters. The predicted octanol–water partition coefficient (Wildman–Crippen LogP) is 1.89. The van der Waals surface area contributed by atoms with Gasteiger partial charge in [-0.1, -0.05) is 11.3 Å². The predicted molar refractivity (Wildman–Crippen MR) is 118 cm³/mol. The van der Waals surface area contributed by atoms with E-state index < -0.39 is 5.97 Å². The first-order valence-electron chi connectivity index (χ1n) is 11.0. The van der Waals surface area contributed by atoms with Crippen LogP contribution in [0.15, 0.2) is 12.3 Å². The number of aromatic nitrogens is 3. The van der Waals surface area contributed by atoms with Gasteiger partial charge in [-0.3, -0.25) is 9.69 Å². The van der Waals surface area contributed by atoms with E-state index in [0.29, 0.717) is 24.1 Å². The highest BCUT2D eigenvalue weighted by molar-refractivity contribution is 7.15. The van der Waals surface area contributed by atoms with E-state index in [1.54, 1.807) is 19.2 Å². The number of ether oxygens (including phenoxy) is 3. The summed E-state index contributed by atoms with van der Waals surface area (Å²) in [4.78, 5) is 31.6. The van der Waals surface area contributed by atoms with Gasteiger partial charge in [-0.15, -0.1) is 0 Å². The van der Waals surface area contributed by atoms with Crippen molar-refractivity contribution in [3.8, 4) is 10.9 Å². The van der Waals surface area contributed by atoms with E-state index in [9.17, 15) is 9.59 Å². The molecule has 0 aromatic carbocycles. The molecule has 174 valence electrons. The Hall–Kier alpha value is -2.50. The van der Waals surface area contributed by atoms with Crippen molar-refractivity contribution in [3.05, 3.63) is 23.0 Å². The van der Waals surface area contributed by atoms with E-state index in [0.717, 1.165) is 37.1 Å². The summed E-state index contributed by atoms with van der Waals surface area (Å²) in [6, 6.07) is 1.89. The van der Waals surface area contributed by atoms with Gasteiger partial charge < -0.3 is 19.5 Å². The molecule has 0 unspecified atom stereocenters. The zero-order chi connectivity index (χ0) is 22.7. The molecule has 1 N–H and O–H groups in total. The van der Waals surface area contributed by atoms with Crippen LogP contribution in [0.25, 0.3) is 5.82 Å². The zero-order valence-corrected chi connectivity index (χ0v) is 19.4. The first kappa shape index (κ1) is 22.7. The highest BCUT2D eigenvalue weighted by atomic mass is 32.1. The molecule has 0 aliphatic carbocycles. The minimum Gasteiger partial charge on any atom is -0.476 e. The number of amides is 1. The number of esters is 1. The third-order valence-corrected chi connectivity index (χ3v) is 6.66. The molecule has 0 radical (unpaired) electrons. The monoisotopic (exact) mass is 463 g/mol. The van der Waals surface area contributed by atoms with Gasteiger partial charge in [-0.2, -0.15) is 5.10 Å². The molecule has 4 heterocycles. The van der Waals surface area contributed by atoms with Crippen molar-refractivity contribution in [2.45, 2.75) is 51.3 Å². The van der Waals surface area contributed by atoms with Crippen LogP contribution in [-0.4, -0.2) is 83.1 Å². The molecule has 2 aromatic heterocycles. The summed E-state index contributed by atoms with van der Waals surface area (Å²) in [5.74, 6) is -0.414. The molecule has 1 amide bonds. The molecule has 2 aliphatic rings. The SMILES string of the molecule is CCOC(=O)c1nc(-n2ccc(C(=O)N[C@H]3CCOC3)n2)c(O[C@@H](C)[C@@H]2CCCN2C)s1. The van der Waals surface area contributed by atoms with Crippen LogP contribution in [0.2, 0.25) is 0 Å². The first-order chi connectivity index (χ1) is 15.5. The lowest BCUT2D eigenvalue weighted by Gasteiger charge is -2.26. The van der Waals surface area contributed by atoms with E-state index in [2.05, 4.69) is 27.3 Å². The molecule has 0 spiro atoms. The first-order valence-corrected chi connectivity index (χ1v) is 11.8. The van der Waals surface area contributed by atoms with Crippen LogP contribution in [0.1, 0.15) is 53.4 Å². The van der Waals surface area contributed by atoms with Gasteiger partial charge in [-0.25, -0.2) is 14.5 Å². The second-order valence-electron chi connectivity index (χ2n) is 8.04. The van der Waals surface area contributed by atoms with Gasteiger partial charge in [0.15, 0.2) is 5.69 Å². The Kier molecular flexibility index (Phi) is 7.07. The van der Waals surface area contributed by atoms with Crippen LogP contribution >= 0.6 is 11.3 Å². The summed E-state index contributed by atoms with van der Waals surface area (Å²) in [6.45, 7) is 6.20. The average Bonchev–Trinajstić information content (AvgIpc) is 3.55. The lowest BCUT2D eigenvalue weighted by Crippen LogP contribution is -2.38. The molecule has 2 fully saturated rings. The molecule has 0 saturated carbocycles. The Morgan fingerprint density at radius 2 is 2.25 bits per heavy atom. The fourth-order valence-electron chi connectivity index (χ4n) is 4.05. The van der Waals surface area contributed by atoms with Gasteiger partial charge in [0.1, 0.15) is 6.10 Å². The largest absolute Gasteiger partial charge is 0.476 e. The fourth-order valence-corrected chi connectivity index (χ4v) is 4.93. The van der Waals surface area contributed by atoms with Gasteiger partial charge in [0, 0.05) is 18.8 Å². The number of carbonyl (C=O) groups is 2. The van der Waals surface area contributed by atoms with Crippen LogP contribution < -0.4 is 10.1 Å². The number of carbonyl (C=O) groups excluding carboxylic acids is 2. The van der Waals surface area contributed by atoms with Crippen molar-refractivity contribution in [1.82, 2.24) is 25.0 Å². The maximum absolute atomic E-state index is 12.5. The van der Waals surface area contributed by atoms with Crippen LogP contribution in [0.5, 0.6) is 5.06 Å². The number of likely N-dealkylation sites (N-methyl/N-ethyl adjacent to an activating group) is 1. The van der Waals surface area contributed by atoms with Gasteiger partial charge in [0.05, 0.1) is 19.3 Å². The Balaban J connectivity index is 1.56. The number of hydrogen-bond donors (Lipinski definition) is 1. The zero-order valence-electron chi connectivity index (χ0n) is 18.6. The molecule has 2 aliphatic heterocycles. The number of nitrogens with one attached hydrogen (secondary N) is 1. The Morgan fingerprint density at radius 1 is 1.41 bits per heavy atom. The summed E-state index contributed by atoms with van der Waals surface area (Å²) in [7, 11) is 2.09. The molecule has 2 saturated heterocycles. The van der Waals surface area contributed by atoms with Crippen LogP contribution in [-0.2, 0) is 9.47 Å². The van der Waals surface area contributed by atoms with Crippen molar-refractivity contribution in [1.29, 1.82) is 0 Å². The van der Waals surface area contributed by atoms with Crippen molar-refractivity contribution in [3.63, 3.8) is 0 Å².